The Bertz CT molecular complexity index is 991. The van der Waals surface area contributed by atoms with E-state index in [2.05, 4.69) is 34.1 Å². The molecule has 1 N–H and O–H groups in total. The van der Waals surface area contributed by atoms with Gasteiger partial charge in [-0.1, -0.05) is 30.3 Å². The Morgan fingerprint density at radius 1 is 1.12 bits per heavy atom. The van der Waals surface area contributed by atoms with Gasteiger partial charge in [0.2, 0.25) is 0 Å². The number of hydrogen-bond donors (Lipinski definition) is 1. The molecule has 24 heavy (non-hydrogen) atoms. The van der Waals surface area contributed by atoms with Crippen LogP contribution in [0.4, 0.5) is 0 Å². The van der Waals surface area contributed by atoms with E-state index in [0.717, 1.165) is 37.0 Å². The van der Waals surface area contributed by atoms with Gasteiger partial charge in [-0.15, -0.1) is 0 Å². The van der Waals surface area contributed by atoms with Crippen LogP contribution in [-0.4, -0.2) is 31.1 Å². The summed E-state index contributed by atoms with van der Waals surface area (Å²) in [7, 11) is -3.19. The van der Waals surface area contributed by atoms with Crippen molar-refractivity contribution in [2.24, 2.45) is 0 Å². The second kappa shape index (κ2) is 5.76. The molecule has 0 radical (unpaired) electrons. The monoisotopic (exact) mass is 340 g/mol. The standard InChI is InChI=1S/C19H20N2O2S/c1-24(22,23)15-7-8-18-16(11-15)17-13-21(10-9-19(17)20-18)12-14-5-3-2-4-6-14/h2-8,11,20H,9-10,12-13H2,1H3. The molecular formula is C19H20N2O2S. The van der Waals surface area contributed by atoms with Gasteiger partial charge in [-0.25, -0.2) is 8.42 Å². The normalized spacial score (nSPS) is 15.5. The minimum absolute atomic E-state index is 0.386. The van der Waals surface area contributed by atoms with Crippen molar-refractivity contribution in [2.45, 2.75) is 24.4 Å². The Kier molecular flexibility index (Phi) is 3.70. The Balaban J connectivity index is 1.69. The second-order valence-corrected chi connectivity index (χ2v) is 8.52. The largest absolute Gasteiger partial charge is 0.358 e. The second-order valence-electron chi connectivity index (χ2n) is 6.51. The molecule has 0 spiro atoms. The summed E-state index contributed by atoms with van der Waals surface area (Å²) in [5, 5.41) is 1.03. The van der Waals surface area contributed by atoms with Crippen molar-refractivity contribution in [1.82, 2.24) is 9.88 Å². The molecule has 0 atom stereocenters. The van der Waals surface area contributed by atoms with Crippen LogP contribution in [0.2, 0.25) is 0 Å². The molecule has 4 rings (SSSR count). The highest BCUT2D eigenvalue weighted by Crippen LogP contribution is 2.30. The van der Waals surface area contributed by atoms with E-state index in [1.807, 2.05) is 18.2 Å². The third kappa shape index (κ3) is 2.85. The molecule has 2 heterocycles. The first-order valence-corrected chi connectivity index (χ1v) is 10.00. The van der Waals surface area contributed by atoms with E-state index >= 15 is 0 Å². The van der Waals surface area contributed by atoms with Gasteiger partial charge in [-0.05, 0) is 29.3 Å². The lowest BCUT2D eigenvalue weighted by Gasteiger charge is -2.27. The lowest BCUT2D eigenvalue weighted by molar-refractivity contribution is 0.245. The molecule has 1 aromatic heterocycles. The number of fused-ring (bicyclic) bond motifs is 3. The fourth-order valence-corrected chi connectivity index (χ4v) is 4.10. The number of aromatic amines is 1. The lowest BCUT2D eigenvalue weighted by Crippen LogP contribution is -2.29. The van der Waals surface area contributed by atoms with E-state index in [1.165, 1.54) is 23.1 Å². The van der Waals surface area contributed by atoms with Gasteiger partial charge < -0.3 is 4.98 Å². The Morgan fingerprint density at radius 3 is 2.67 bits per heavy atom. The molecule has 0 bridgehead atoms. The zero-order valence-electron chi connectivity index (χ0n) is 13.6. The maximum absolute atomic E-state index is 11.9. The molecule has 0 fully saturated rings. The van der Waals surface area contributed by atoms with Crippen LogP contribution in [0.1, 0.15) is 16.8 Å². The van der Waals surface area contributed by atoms with Crippen LogP contribution in [0.15, 0.2) is 53.4 Å². The number of benzene rings is 2. The number of nitrogens with one attached hydrogen (secondary N) is 1. The lowest BCUT2D eigenvalue weighted by atomic mass is 10.0. The van der Waals surface area contributed by atoms with E-state index in [4.69, 9.17) is 0 Å². The number of sulfone groups is 1. The Labute approximate surface area is 142 Å². The molecule has 0 aliphatic carbocycles. The van der Waals surface area contributed by atoms with E-state index < -0.39 is 9.84 Å². The number of rotatable bonds is 3. The average molecular weight is 340 g/mol. The van der Waals surface area contributed by atoms with E-state index in [-0.39, 0.29) is 0 Å². The number of aromatic nitrogens is 1. The highest BCUT2D eigenvalue weighted by Gasteiger charge is 2.21. The minimum Gasteiger partial charge on any atom is -0.358 e. The molecule has 3 aromatic rings. The average Bonchev–Trinajstić information content (AvgIpc) is 2.92. The molecule has 1 aliphatic rings. The third-order valence-corrected chi connectivity index (χ3v) is 5.81. The molecule has 5 heteroatoms. The predicted molar refractivity (Wildman–Crippen MR) is 95.7 cm³/mol. The van der Waals surface area contributed by atoms with Gasteiger partial charge in [-0.3, -0.25) is 4.90 Å². The summed E-state index contributed by atoms with van der Waals surface area (Å²) in [5.74, 6) is 0. The van der Waals surface area contributed by atoms with Crippen LogP contribution in [0.5, 0.6) is 0 Å². The highest BCUT2D eigenvalue weighted by atomic mass is 32.2. The molecule has 0 unspecified atom stereocenters. The van der Waals surface area contributed by atoms with Gasteiger partial charge in [0.05, 0.1) is 4.90 Å². The summed E-state index contributed by atoms with van der Waals surface area (Å²) in [6, 6.07) is 15.8. The van der Waals surface area contributed by atoms with Crippen LogP contribution >= 0.6 is 0 Å². The molecule has 124 valence electrons. The zero-order valence-corrected chi connectivity index (χ0v) is 14.4. The third-order valence-electron chi connectivity index (χ3n) is 4.70. The Morgan fingerprint density at radius 2 is 1.92 bits per heavy atom. The van der Waals surface area contributed by atoms with E-state index in [1.54, 1.807) is 6.07 Å². The topological polar surface area (TPSA) is 53.2 Å². The van der Waals surface area contributed by atoms with Crippen molar-refractivity contribution in [3.8, 4) is 0 Å². The van der Waals surface area contributed by atoms with E-state index in [0.29, 0.717) is 4.90 Å². The number of hydrogen-bond acceptors (Lipinski definition) is 3. The van der Waals surface area contributed by atoms with Crippen molar-refractivity contribution in [3.05, 3.63) is 65.4 Å². The first kappa shape index (κ1) is 15.4. The first-order valence-electron chi connectivity index (χ1n) is 8.10. The molecule has 1 aliphatic heterocycles. The fraction of sp³-hybridized carbons (Fsp3) is 0.263. The van der Waals surface area contributed by atoms with Crippen LogP contribution in [0.3, 0.4) is 0 Å². The fourth-order valence-electron chi connectivity index (χ4n) is 3.46. The van der Waals surface area contributed by atoms with Crippen LogP contribution in [0, 0.1) is 0 Å². The van der Waals surface area contributed by atoms with Gasteiger partial charge in [0.25, 0.3) is 0 Å². The summed E-state index contributed by atoms with van der Waals surface area (Å²) >= 11 is 0. The summed E-state index contributed by atoms with van der Waals surface area (Å²) in [5.41, 5.74) is 4.80. The first-order chi connectivity index (χ1) is 11.5. The maximum Gasteiger partial charge on any atom is 0.175 e. The zero-order chi connectivity index (χ0) is 16.7. The van der Waals surface area contributed by atoms with Crippen molar-refractivity contribution in [2.75, 3.05) is 12.8 Å². The summed E-state index contributed by atoms with van der Waals surface area (Å²) < 4.78 is 23.7. The van der Waals surface area contributed by atoms with Crippen LogP contribution in [0.25, 0.3) is 10.9 Å². The molecule has 0 saturated carbocycles. The van der Waals surface area contributed by atoms with Crippen molar-refractivity contribution < 1.29 is 8.42 Å². The SMILES string of the molecule is CS(=O)(=O)c1ccc2[nH]c3c(c2c1)CN(Cc1ccccc1)CC3. The Hall–Kier alpha value is -2.11. The van der Waals surface area contributed by atoms with Gasteiger partial charge >= 0.3 is 0 Å². The summed E-state index contributed by atoms with van der Waals surface area (Å²) in [6.45, 7) is 2.77. The summed E-state index contributed by atoms with van der Waals surface area (Å²) in [4.78, 5) is 6.26. The minimum atomic E-state index is -3.19. The maximum atomic E-state index is 11.9. The van der Waals surface area contributed by atoms with Crippen LogP contribution in [-0.2, 0) is 29.3 Å². The van der Waals surface area contributed by atoms with Crippen LogP contribution < -0.4 is 0 Å². The van der Waals surface area contributed by atoms with Gasteiger partial charge in [0, 0.05) is 48.9 Å². The number of H-pyrrole nitrogens is 1. The van der Waals surface area contributed by atoms with Crippen molar-refractivity contribution >= 4 is 20.7 Å². The summed E-state index contributed by atoms with van der Waals surface area (Å²) in [6.07, 6.45) is 2.22. The van der Waals surface area contributed by atoms with Crippen molar-refractivity contribution in [1.29, 1.82) is 0 Å². The molecule has 2 aromatic carbocycles. The van der Waals surface area contributed by atoms with E-state index in [9.17, 15) is 8.42 Å². The van der Waals surface area contributed by atoms with Gasteiger partial charge in [0.15, 0.2) is 9.84 Å². The van der Waals surface area contributed by atoms with Gasteiger partial charge in [-0.2, -0.15) is 0 Å². The molecule has 0 amide bonds. The molecule has 0 saturated heterocycles. The quantitative estimate of drug-likeness (QED) is 0.797. The van der Waals surface area contributed by atoms with Crippen molar-refractivity contribution in [3.63, 3.8) is 0 Å². The molecule has 4 nitrogen and oxygen atoms in total. The predicted octanol–water partition coefficient (Wildman–Crippen LogP) is 3.13. The smallest absolute Gasteiger partial charge is 0.175 e. The highest BCUT2D eigenvalue weighted by molar-refractivity contribution is 7.90. The number of nitrogens with zero attached hydrogens (tertiary/aromatic N) is 1. The molecular weight excluding hydrogens is 320 g/mol. The van der Waals surface area contributed by atoms with Gasteiger partial charge in [0.1, 0.15) is 0 Å².